The van der Waals surface area contributed by atoms with Gasteiger partial charge < -0.3 is 16.4 Å². The monoisotopic (exact) mass is 285 g/mol. The SMILES string of the molecule is CC(CN)C(=O)NCCC(=O)Nc1ccccc1.Cl. The number of carbonyl (C=O) groups is 2. The molecule has 0 heterocycles. The minimum absolute atomic E-state index is 0. The predicted molar refractivity (Wildman–Crippen MR) is 78.2 cm³/mol. The third kappa shape index (κ3) is 6.79. The summed E-state index contributed by atoms with van der Waals surface area (Å²) in [5, 5.41) is 5.41. The Kier molecular flexibility index (Phi) is 8.57. The van der Waals surface area contributed by atoms with E-state index in [9.17, 15) is 9.59 Å². The summed E-state index contributed by atoms with van der Waals surface area (Å²) in [6.07, 6.45) is 0.248. The van der Waals surface area contributed by atoms with E-state index in [2.05, 4.69) is 10.6 Å². The number of amides is 2. The predicted octanol–water partition coefficient (Wildman–Crippen LogP) is 1.15. The highest BCUT2D eigenvalue weighted by molar-refractivity contribution is 5.91. The zero-order chi connectivity index (χ0) is 13.4. The highest BCUT2D eigenvalue weighted by Gasteiger charge is 2.10. The lowest BCUT2D eigenvalue weighted by Gasteiger charge is -2.09. The van der Waals surface area contributed by atoms with Gasteiger partial charge in [0, 0.05) is 31.1 Å². The molecule has 1 unspecified atom stereocenters. The normalized spacial score (nSPS) is 11.1. The lowest BCUT2D eigenvalue weighted by atomic mass is 10.1. The summed E-state index contributed by atoms with van der Waals surface area (Å²) < 4.78 is 0. The van der Waals surface area contributed by atoms with Crippen molar-refractivity contribution in [3.05, 3.63) is 30.3 Å². The zero-order valence-corrected chi connectivity index (χ0v) is 11.7. The van der Waals surface area contributed by atoms with Gasteiger partial charge in [0.05, 0.1) is 0 Å². The minimum atomic E-state index is -0.220. The van der Waals surface area contributed by atoms with Crippen LogP contribution < -0.4 is 16.4 Å². The molecule has 0 spiro atoms. The Balaban J connectivity index is 0.00000324. The van der Waals surface area contributed by atoms with E-state index in [1.807, 2.05) is 30.3 Å². The number of halogens is 1. The molecule has 0 fully saturated rings. The molecule has 0 aliphatic heterocycles. The first-order valence-electron chi connectivity index (χ1n) is 5.96. The van der Waals surface area contributed by atoms with E-state index in [0.717, 1.165) is 5.69 Å². The molecule has 1 rings (SSSR count). The van der Waals surface area contributed by atoms with E-state index in [1.54, 1.807) is 6.92 Å². The van der Waals surface area contributed by atoms with Crippen molar-refractivity contribution in [1.29, 1.82) is 0 Å². The number of para-hydroxylation sites is 1. The van der Waals surface area contributed by atoms with Crippen molar-refractivity contribution >= 4 is 29.9 Å². The van der Waals surface area contributed by atoms with Crippen molar-refractivity contribution in [1.82, 2.24) is 5.32 Å². The van der Waals surface area contributed by atoms with E-state index in [1.165, 1.54) is 0 Å². The summed E-state index contributed by atoms with van der Waals surface area (Å²) in [7, 11) is 0. The average molecular weight is 286 g/mol. The number of rotatable bonds is 6. The summed E-state index contributed by atoms with van der Waals surface area (Å²) in [4.78, 5) is 22.9. The molecular weight excluding hydrogens is 266 g/mol. The summed E-state index contributed by atoms with van der Waals surface area (Å²) >= 11 is 0. The largest absolute Gasteiger partial charge is 0.355 e. The van der Waals surface area contributed by atoms with Crippen LogP contribution in [-0.2, 0) is 9.59 Å². The molecule has 0 aliphatic rings. The summed E-state index contributed by atoms with van der Waals surface area (Å²) in [5.74, 6) is -0.464. The Hall–Kier alpha value is -1.59. The highest BCUT2D eigenvalue weighted by Crippen LogP contribution is 2.04. The molecule has 6 heteroatoms. The fraction of sp³-hybridized carbons (Fsp3) is 0.385. The molecule has 19 heavy (non-hydrogen) atoms. The van der Waals surface area contributed by atoms with E-state index < -0.39 is 0 Å². The summed E-state index contributed by atoms with van der Waals surface area (Å²) in [5.41, 5.74) is 6.12. The maximum atomic E-state index is 11.5. The number of anilines is 1. The summed E-state index contributed by atoms with van der Waals surface area (Å²) in [6, 6.07) is 9.20. The Morgan fingerprint density at radius 3 is 2.47 bits per heavy atom. The number of hydrogen-bond acceptors (Lipinski definition) is 3. The second kappa shape index (κ2) is 9.35. The van der Waals surface area contributed by atoms with Gasteiger partial charge in [0.15, 0.2) is 0 Å². The van der Waals surface area contributed by atoms with E-state index >= 15 is 0 Å². The van der Waals surface area contributed by atoms with E-state index in [-0.39, 0.29) is 36.6 Å². The van der Waals surface area contributed by atoms with Crippen molar-refractivity contribution in [2.75, 3.05) is 18.4 Å². The molecule has 4 N–H and O–H groups in total. The van der Waals surface area contributed by atoms with Crippen LogP contribution in [0.2, 0.25) is 0 Å². The van der Waals surface area contributed by atoms with Crippen molar-refractivity contribution < 1.29 is 9.59 Å². The third-order valence-electron chi connectivity index (χ3n) is 2.51. The zero-order valence-electron chi connectivity index (χ0n) is 10.9. The van der Waals surface area contributed by atoms with Gasteiger partial charge in [-0.1, -0.05) is 25.1 Å². The van der Waals surface area contributed by atoms with E-state index in [0.29, 0.717) is 13.1 Å². The third-order valence-corrected chi connectivity index (χ3v) is 2.51. The quantitative estimate of drug-likeness (QED) is 0.733. The molecule has 1 aromatic carbocycles. The van der Waals surface area contributed by atoms with Gasteiger partial charge in [-0.2, -0.15) is 0 Å². The molecule has 2 amide bonds. The van der Waals surface area contributed by atoms with Crippen molar-refractivity contribution in [3.63, 3.8) is 0 Å². The van der Waals surface area contributed by atoms with Gasteiger partial charge in [-0.05, 0) is 12.1 Å². The number of nitrogens with one attached hydrogen (secondary N) is 2. The van der Waals surface area contributed by atoms with Crippen LogP contribution in [0.3, 0.4) is 0 Å². The van der Waals surface area contributed by atoms with Gasteiger partial charge >= 0.3 is 0 Å². The summed E-state index contributed by atoms with van der Waals surface area (Å²) in [6.45, 7) is 2.38. The second-order valence-corrected chi connectivity index (χ2v) is 4.09. The van der Waals surface area contributed by atoms with Crippen LogP contribution in [0.25, 0.3) is 0 Å². The number of carbonyl (C=O) groups excluding carboxylic acids is 2. The molecule has 1 aromatic rings. The Morgan fingerprint density at radius 1 is 1.26 bits per heavy atom. The van der Waals surface area contributed by atoms with Crippen LogP contribution >= 0.6 is 12.4 Å². The van der Waals surface area contributed by atoms with Crippen molar-refractivity contribution in [3.8, 4) is 0 Å². The second-order valence-electron chi connectivity index (χ2n) is 4.09. The standard InChI is InChI=1S/C13H19N3O2.ClH/c1-10(9-14)13(18)15-8-7-12(17)16-11-5-3-2-4-6-11;/h2-6,10H,7-9,14H2,1H3,(H,15,18)(H,16,17);1H. The molecule has 5 nitrogen and oxygen atoms in total. The first kappa shape index (κ1) is 17.4. The van der Waals surface area contributed by atoms with E-state index in [4.69, 9.17) is 5.73 Å². The van der Waals surface area contributed by atoms with Crippen LogP contribution in [0.1, 0.15) is 13.3 Å². The maximum absolute atomic E-state index is 11.5. The fourth-order valence-corrected chi connectivity index (χ4v) is 1.33. The van der Waals surface area contributed by atoms with Crippen LogP contribution in [0.4, 0.5) is 5.69 Å². The molecule has 106 valence electrons. The molecule has 0 saturated heterocycles. The Bertz CT molecular complexity index is 398. The molecule has 0 aromatic heterocycles. The van der Waals surface area contributed by atoms with Gasteiger partial charge in [0.1, 0.15) is 0 Å². The molecular formula is C13H20ClN3O2. The average Bonchev–Trinajstić information content (AvgIpc) is 2.38. The number of nitrogens with two attached hydrogens (primary N) is 1. The minimum Gasteiger partial charge on any atom is -0.355 e. The molecule has 0 saturated carbocycles. The lowest BCUT2D eigenvalue weighted by Crippen LogP contribution is -2.35. The van der Waals surface area contributed by atoms with Crippen molar-refractivity contribution in [2.24, 2.45) is 11.7 Å². The number of hydrogen-bond donors (Lipinski definition) is 3. The topological polar surface area (TPSA) is 84.2 Å². The fourth-order valence-electron chi connectivity index (χ4n) is 1.33. The molecule has 0 radical (unpaired) electrons. The first-order valence-corrected chi connectivity index (χ1v) is 5.96. The van der Waals surface area contributed by atoms with Crippen LogP contribution in [0.5, 0.6) is 0 Å². The van der Waals surface area contributed by atoms with Gasteiger partial charge in [-0.15, -0.1) is 12.4 Å². The first-order chi connectivity index (χ1) is 8.63. The van der Waals surface area contributed by atoms with Gasteiger partial charge in [0.2, 0.25) is 11.8 Å². The Labute approximate surface area is 119 Å². The van der Waals surface area contributed by atoms with Crippen molar-refractivity contribution in [2.45, 2.75) is 13.3 Å². The molecule has 1 atom stereocenters. The van der Waals surface area contributed by atoms with Gasteiger partial charge in [-0.3, -0.25) is 9.59 Å². The van der Waals surface area contributed by atoms with Gasteiger partial charge in [-0.25, -0.2) is 0 Å². The lowest BCUT2D eigenvalue weighted by molar-refractivity contribution is -0.124. The van der Waals surface area contributed by atoms with Gasteiger partial charge in [0.25, 0.3) is 0 Å². The maximum Gasteiger partial charge on any atom is 0.226 e. The van der Waals surface area contributed by atoms with Crippen LogP contribution in [0, 0.1) is 5.92 Å². The number of benzene rings is 1. The highest BCUT2D eigenvalue weighted by atomic mass is 35.5. The van der Waals surface area contributed by atoms with Crippen LogP contribution in [-0.4, -0.2) is 24.9 Å². The molecule has 0 bridgehead atoms. The Morgan fingerprint density at radius 2 is 1.89 bits per heavy atom. The smallest absolute Gasteiger partial charge is 0.226 e. The molecule has 0 aliphatic carbocycles. The van der Waals surface area contributed by atoms with Crippen LogP contribution in [0.15, 0.2) is 30.3 Å².